The number of imidazole rings is 1. The zero-order valence-electron chi connectivity index (χ0n) is 20.3. The van der Waals surface area contributed by atoms with Gasteiger partial charge in [0.2, 0.25) is 5.82 Å². The van der Waals surface area contributed by atoms with Gasteiger partial charge < -0.3 is 15.0 Å². The molecule has 1 aliphatic carbocycles. The minimum absolute atomic E-state index is 0.144. The van der Waals surface area contributed by atoms with Crippen molar-refractivity contribution in [3.05, 3.63) is 83.9 Å². The minimum Gasteiger partial charge on any atom is -0.378 e. The summed E-state index contributed by atoms with van der Waals surface area (Å²) in [5, 5.41) is 14.5. The molecule has 1 saturated carbocycles. The number of nitrogens with one attached hydrogen (secondary N) is 1. The van der Waals surface area contributed by atoms with Crippen LogP contribution in [-0.2, 0) is 7.05 Å². The normalized spacial score (nSPS) is 19.9. The number of benzene rings is 2. The molecule has 35 heavy (non-hydrogen) atoms. The molecule has 1 aliphatic rings. The van der Waals surface area contributed by atoms with Crippen LogP contribution in [0.1, 0.15) is 55.5 Å². The van der Waals surface area contributed by atoms with Crippen molar-refractivity contribution in [3.63, 3.8) is 0 Å². The average Bonchev–Trinajstić information content (AvgIpc) is 3.25. The molecule has 0 amide bonds. The fraction of sp³-hybridized carbons (Fsp3) is 0.345. The van der Waals surface area contributed by atoms with E-state index in [1.807, 2.05) is 23.7 Å². The Morgan fingerprint density at radius 1 is 1.09 bits per heavy atom. The minimum atomic E-state index is -0.970. The van der Waals surface area contributed by atoms with E-state index < -0.39 is 5.60 Å². The lowest BCUT2D eigenvalue weighted by Gasteiger charge is -2.30. The third-order valence-electron chi connectivity index (χ3n) is 6.82. The summed E-state index contributed by atoms with van der Waals surface area (Å²) in [6.07, 6.45) is 5.25. The standard InChI is InChI=1S/C29H31N5O/c1-21-10-9-16-29(35,18-21)17-15-25-32-27(26-28(33-25)34(2)20-31-26)30-19-24(22-11-5-3-6-12-22)23-13-7-4-8-14-23/h3-8,11-14,20-21,24,35H,9-10,16,18-19H2,1-2H3,(H,30,32,33)/t21-,29-/m1/s1. The number of aliphatic hydroxyl groups is 1. The number of hydrogen-bond donors (Lipinski definition) is 2. The molecular formula is C29H31N5O. The van der Waals surface area contributed by atoms with Crippen LogP contribution in [0.4, 0.5) is 5.82 Å². The molecule has 0 saturated heterocycles. The molecule has 0 unspecified atom stereocenters. The Balaban J connectivity index is 1.47. The van der Waals surface area contributed by atoms with Crippen LogP contribution in [0.5, 0.6) is 0 Å². The summed E-state index contributed by atoms with van der Waals surface area (Å²) in [6.45, 7) is 2.81. The smallest absolute Gasteiger partial charge is 0.209 e. The van der Waals surface area contributed by atoms with Gasteiger partial charge in [-0.2, -0.15) is 0 Å². The van der Waals surface area contributed by atoms with Crippen LogP contribution in [0.3, 0.4) is 0 Å². The fourth-order valence-corrected chi connectivity index (χ4v) is 4.99. The Bertz CT molecular complexity index is 1320. The third-order valence-corrected chi connectivity index (χ3v) is 6.82. The number of aromatic nitrogens is 4. The monoisotopic (exact) mass is 465 g/mol. The Morgan fingerprint density at radius 3 is 2.43 bits per heavy atom. The summed E-state index contributed by atoms with van der Waals surface area (Å²) in [7, 11) is 1.91. The molecule has 0 aliphatic heterocycles. The molecule has 2 aromatic carbocycles. The highest BCUT2D eigenvalue weighted by Gasteiger charge is 2.30. The molecule has 0 spiro atoms. The molecule has 6 nitrogen and oxygen atoms in total. The lowest BCUT2D eigenvalue weighted by atomic mass is 9.79. The third kappa shape index (κ3) is 5.21. The lowest BCUT2D eigenvalue weighted by molar-refractivity contribution is 0.0410. The number of rotatable bonds is 5. The van der Waals surface area contributed by atoms with Gasteiger partial charge in [0.05, 0.1) is 6.33 Å². The predicted molar refractivity (Wildman–Crippen MR) is 139 cm³/mol. The number of hydrogen-bond acceptors (Lipinski definition) is 5. The predicted octanol–water partition coefficient (Wildman–Crippen LogP) is 4.90. The molecule has 5 rings (SSSR count). The lowest BCUT2D eigenvalue weighted by Crippen LogP contribution is -2.32. The van der Waals surface area contributed by atoms with Crippen LogP contribution in [0, 0.1) is 17.8 Å². The summed E-state index contributed by atoms with van der Waals surface area (Å²) in [5.41, 5.74) is 2.91. The molecule has 2 atom stereocenters. The Hall–Kier alpha value is -3.69. The van der Waals surface area contributed by atoms with E-state index in [0.717, 1.165) is 12.8 Å². The second-order valence-electron chi connectivity index (χ2n) is 9.66. The second kappa shape index (κ2) is 9.89. The molecule has 0 radical (unpaired) electrons. The zero-order chi connectivity index (χ0) is 24.3. The van der Waals surface area contributed by atoms with E-state index in [1.54, 1.807) is 6.33 Å². The van der Waals surface area contributed by atoms with Gasteiger partial charge in [-0.15, -0.1) is 0 Å². The Labute approximate surface area is 206 Å². The van der Waals surface area contributed by atoms with Crippen molar-refractivity contribution in [2.24, 2.45) is 13.0 Å². The first-order valence-electron chi connectivity index (χ1n) is 12.3. The molecule has 6 heteroatoms. The number of fused-ring (bicyclic) bond motifs is 1. The van der Waals surface area contributed by atoms with E-state index >= 15 is 0 Å². The van der Waals surface area contributed by atoms with Crippen molar-refractivity contribution in [1.82, 2.24) is 19.5 Å². The van der Waals surface area contributed by atoms with Gasteiger partial charge in [-0.1, -0.05) is 79.9 Å². The van der Waals surface area contributed by atoms with Crippen molar-refractivity contribution in [1.29, 1.82) is 0 Å². The maximum atomic E-state index is 11.0. The molecule has 2 heterocycles. The molecule has 2 aromatic heterocycles. The molecule has 1 fully saturated rings. The largest absolute Gasteiger partial charge is 0.378 e. The molecule has 2 N–H and O–H groups in total. The summed E-state index contributed by atoms with van der Waals surface area (Å²) < 4.78 is 1.87. The highest BCUT2D eigenvalue weighted by molar-refractivity contribution is 5.83. The summed E-state index contributed by atoms with van der Waals surface area (Å²) in [6, 6.07) is 20.9. The maximum Gasteiger partial charge on any atom is 0.209 e. The highest BCUT2D eigenvalue weighted by Crippen LogP contribution is 2.32. The van der Waals surface area contributed by atoms with E-state index in [9.17, 15) is 5.11 Å². The van der Waals surface area contributed by atoms with Gasteiger partial charge in [0.25, 0.3) is 0 Å². The van der Waals surface area contributed by atoms with Gasteiger partial charge in [0.15, 0.2) is 17.0 Å². The number of aryl methyl sites for hydroxylation is 1. The van der Waals surface area contributed by atoms with E-state index in [2.05, 4.69) is 82.6 Å². The number of anilines is 1. The maximum absolute atomic E-state index is 11.0. The van der Waals surface area contributed by atoms with E-state index in [-0.39, 0.29) is 5.92 Å². The van der Waals surface area contributed by atoms with Crippen LogP contribution in [0.25, 0.3) is 11.2 Å². The van der Waals surface area contributed by atoms with Crippen LogP contribution in [0.2, 0.25) is 0 Å². The first-order chi connectivity index (χ1) is 17.0. The zero-order valence-corrected chi connectivity index (χ0v) is 20.3. The van der Waals surface area contributed by atoms with Gasteiger partial charge >= 0.3 is 0 Å². The van der Waals surface area contributed by atoms with Gasteiger partial charge in [-0.25, -0.2) is 15.0 Å². The van der Waals surface area contributed by atoms with Crippen LogP contribution in [-0.4, -0.2) is 36.8 Å². The van der Waals surface area contributed by atoms with E-state index in [4.69, 9.17) is 4.98 Å². The summed E-state index contributed by atoms with van der Waals surface area (Å²) >= 11 is 0. The SMILES string of the molecule is C[C@@H]1CCC[C@@](O)(C#Cc2nc(NCC(c3ccccc3)c3ccccc3)c3ncn(C)c3n2)C1. The quantitative estimate of drug-likeness (QED) is 0.410. The molecule has 4 aromatic rings. The van der Waals surface area contributed by atoms with Crippen molar-refractivity contribution in [2.75, 3.05) is 11.9 Å². The topological polar surface area (TPSA) is 75.9 Å². The Morgan fingerprint density at radius 2 is 1.77 bits per heavy atom. The van der Waals surface area contributed by atoms with Crippen molar-refractivity contribution < 1.29 is 5.11 Å². The van der Waals surface area contributed by atoms with E-state index in [1.165, 1.54) is 11.1 Å². The number of nitrogens with zero attached hydrogens (tertiary/aromatic N) is 4. The van der Waals surface area contributed by atoms with Crippen LogP contribution in [0.15, 0.2) is 67.0 Å². The summed E-state index contributed by atoms with van der Waals surface area (Å²) in [5.74, 6) is 7.82. The van der Waals surface area contributed by atoms with Crippen LogP contribution >= 0.6 is 0 Å². The van der Waals surface area contributed by atoms with Gasteiger partial charge in [-0.3, -0.25) is 0 Å². The van der Waals surface area contributed by atoms with Crippen molar-refractivity contribution in [2.45, 2.75) is 44.1 Å². The van der Waals surface area contributed by atoms with Gasteiger partial charge in [0, 0.05) is 19.5 Å². The Kier molecular flexibility index (Phi) is 6.52. The first kappa shape index (κ1) is 23.1. The van der Waals surface area contributed by atoms with Gasteiger partial charge in [-0.05, 0) is 42.2 Å². The second-order valence-corrected chi connectivity index (χ2v) is 9.66. The fourth-order valence-electron chi connectivity index (χ4n) is 4.99. The summed E-state index contributed by atoms with van der Waals surface area (Å²) in [4.78, 5) is 13.9. The highest BCUT2D eigenvalue weighted by atomic mass is 16.3. The van der Waals surface area contributed by atoms with Crippen LogP contribution < -0.4 is 5.32 Å². The van der Waals surface area contributed by atoms with Gasteiger partial charge in [0.1, 0.15) is 5.60 Å². The van der Waals surface area contributed by atoms with Crippen molar-refractivity contribution >= 4 is 17.0 Å². The van der Waals surface area contributed by atoms with E-state index in [0.29, 0.717) is 48.1 Å². The molecular weight excluding hydrogens is 434 g/mol. The first-order valence-corrected chi connectivity index (χ1v) is 12.3. The molecule has 178 valence electrons. The van der Waals surface area contributed by atoms with Crippen molar-refractivity contribution in [3.8, 4) is 11.8 Å². The average molecular weight is 466 g/mol. The molecule has 0 bridgehead atoms.